The molecule has 0 bridgehead atoms. The number of aromatic nitrogens is 2. The van der Waals surface area contributed by atoms with E-state index in [1.54, 1.807) is 48.7 Å². The second-order valence-electron chi connectivity index (χ2n) is 16.9. The second kappa shape index (κ2) is 16.7. The number of alkyl halides is 2. The largest absolute Gasteiger partial charge is 0.497 e. The van der Waals surface area contributed by atoms with Gasteiger partial charge in [-0.1, -0.05) is 31.1 Å². The minimum atomic E-state index is -3.97. The molecule has 3 N–H and O–H groups in total. The summed E-state index contributed by atoms with van der Waals surface area (Å²) in [5, 5.41) is 5.63. The van der Waals surface area contributed by atoms with Crippen molar-refractivity contribution >= 4 is 50.5 Å². The Bertz CT molecular complexity index is 2380. The first kappa shape index (κ1) is 42.2. The third-order valence-electron chi connectivity index (χ3n) is 12.5. The van der Waals surface area contributed by atoms with Crippen LogP contribution in [0.15, 0.2) is 60.8 Å². The van der Waals surface area contributed by atoms with Crippen molar-refractivity contribution in [1.29, 1.82) is 0 Å². The number of likely N-dealkylation sites (tertiary alicyclic amines) is 1. The van der Waals surface area contributed by atoms with Gasteiger partial charge in [-0.3, -0.25) is 33.7 Å². The lowest BCUT2D eigenvalue weighted by Gasteiger charge is -2.30. The van der Waals surface area contributed by atoms with Gasteiger partial charge in [0.1, 0.15) is 17.3 Å². The maximum absolute atomic E-state index is 14.7. The number of hydrogen-bond donors (Lipinski definition) is 3. The van der Waals surface area contributed by atoms with E-state index in [-0.39, 0.29) is 44.3 Å². The Hall–Kier alpha value is -5.52. The number of sulfonamides is 1. The second-order valence-corrected chi connectivity index (χ2v) is 18.9. The average Bonchev–Trinajstić information content (AvgIpc) is 4.14. The normalized spacial score (nSPS) is 27.2. The summed E-state index contributed by atoms with van der Waals surface area (Å²) in [4.78, 5) is 82.4. The Morgan fingerprint density at radius 1 is 1.03 bits per heavy atom. The number of carbonyl (C=O) groups is 5. The van der Waals surface area contributed by atoms with E-state index < -0.39 is 93.2 Å². The van der Waals surface area contributed by atoms with Gasteiger partial charge in [-0.2, -0.15) is 0 Å². The van der Waals surface area contributed by atoms with Crippen molar-refractivity contribution in [3.8, 4) is 17.1 Å². The third kappa shape index (κ3) is 9.09. The molecule has 324 valence electrons. The maximum Gasteiger partial charge on any atom is 0.267 e. The summed E-state index contributed by atoms with van der Waals surface area (Å²) < 4.78 is 61.8. The zero-order valence-electron chi connectivity index (χ0n) is 33.8. The molecule has 1 aromatic carbocycles. The zero-order chi connectivity index (χ0) is 43.1. The topological polar surface area (TPSA) is 197 Å². The molecule has 5 heterocycles. The van der Waals surface area contributed by atoms with Gasteiger partial charge in [0.15, 0.2) is 0 Å². The number of nitrogens with zero attached hydrogens (tertiary/aromatic N) is 4. The minimum Gasteiger partial charge on any atom is -0.497 e. The van der Waals surface area contributed by atoms with Crippen molar-refractivity contribution in [1.82, 2.24) is 35.1 Å². The Labute approximate surface area is 352 Å². The minimum absolute atomic E-state index is 0.0830. The number of ether oxygens (including phenoxy) is 1. The van der Waals surface area contributed by atoms with Gasteiger partial charge in [0.2, 0.25) is 27.7 Å². The Morgan fingerprint density at radius 2 is 1.85 bits per heavy atom. The summed E-state index contributed by atoms with van der Waals surface area (Å²) >= 11 is 0. The highest BCUT2D eigenvalue weighted by Crippen LogP contribution is 2.46. The Balaban J connectivity index is 1.11. The van der Waals surface area contributed by atoms with Crippen LogP contribution >= 0.6 is 0 Å². The number of amides is 5. The maximum atomic E-state index is 14.7. The summed E-state index contributed by atoms with van der Waals surface area (Å²) in [6.45, 7) is -1.02. The lowest BCUT2D eigenvalue weighted by Crippen LogP contribution is -2.57. The van der Waals surface area contributed by atoms with Gasteiger partial charge in [0.25, 0.3) is 17.7 Å². The lowest BCUT2D eigenvalue weighted by atomic mass is 9.94. The molecule has 2 aromatic heterocycles. The number of allylic oxidation sites excluding steroid dienone is 1. The van der Waals surface area contributed by atoms with Crippen molar-refractivity contribution < 1.29 is 45.9 Å². The van der Waals surface area contributed by atoms with Crippen molar-refractivity contribution in [3.05, 3.63) is 66.4 Å². The van der Waals surface area contributed by atoms with Gasteiger partial charge in [0, 0.05) is 55.4 Å². The average molecular weight is 862 g/mol. The molecule has 5 atom stereocenters. The number of hydrogen-bond acceptors (Lipinski definition) is 10. The monoisotopic (exact) mass is 861 g/mol. The van der Waals surface area contributed by atoms with Crippen molar-refractivity contribution in [2.24, 2.45) is 11.8 Å². The SMILES string of the molecule is COc1ccc2nc(-c3ccccn3)cc(C(=O)N[C@@H]3C[C@H]4C(=O)N[C@]5(C(=O)NS(=O)(=O)C6CC6)CC5/C=C\CCCCC[C@H](CC(=O)N5CCC(F)(F)C5)C(=O)N4C3)c2c1. The van der Waals surface area contributed by atoms with Crippen LogP contribution in [0.25, 0.3) is 22.3 Å². The first-order valence-electron chi connectivity index (χ1n) is 20.9. The van der Waals surface area contributed by atoms with Crippen LogP contribution in [0, 0.1) is 11.8 Å². The first-order chi connectivity index (χ1) is 29.2. The molecule has 2 saturated carbocycles. The van der Waals surface area contributed by atoms with Crippen LogP contribution in [0.4, 0.5) is 8.78 Å². The molecule has 0 spiro atoms. The molecule has 2 saturated heterocycles. The molecule has 3 aliphatic heterocycles. The van der Waals surface area contributed by atoms with Crippen molar-refractivity contribution in [2.45, 2.75) is 99.4 Å². The quantitative estimate of drug-likeness (QED) is 0.266. The highest BCUT2D eigenvalue weighted by atomic mass is 32.2. The van der Waals surface area contributed by atoms with E-state index in [1.807, 2.05) is 12.2 Å². The number of pyridine rings is 2. The predicted octanol–water partition coefficient (Wildman–Crippen LogP) is 3.88. The number of nitrogens with one attached hydrogen (secondary N) is 3. The van der Waals surface area contributed by atoms with Crippen LogP contribution in [0.2, 0.25) is 0 Å². The molecule has 15 nitrogen and oxygen atoms in total. The molecule has 5 amide bonds. The summed E-state index contributed by atoms with van der Waals surface area (Å²) in [6, 6.07) is 9.99. The zero-order valence-corrected chi connectivity index (χ0v) is 34.6. The molecule has 4 fully saturated rings. The van der Waals surface area contributed by atoms with Crippen molar-refractivity contribution in [3.63, 3.8) is 0 Å². The fourth-order valence-electron chi connectivity index (χ4n) is 8.75. The van der Waals surface area contributed by atoms with Crippen LogP contribution in [0.5, 0.6) is 5.75 Å². The van der Waals surface area contributed by atoms with Gasteiger partial charge in [-0.15, -0.1) is 0 Å². The number of halogens is 2. The summed E-state index contributed by atoms with van der Waals surface area (Å²) in [7, 11) is -2.47. The fourth-order valence-corrected chi connectivity index (χ4v) is 10.1. The fraction of sp³-hybridized carbons (Fsp3) is 0.512. The third-order valence-corrected chi connectivity index (χ3v) is 14.3. The van der Waals surface area contributed by atoms with E-state index in [4.69, 9.17) is 9.72 Å². The summed E-state index contributed by atoms with van der Waals surface area (Å²) in [6.07, 6.45) is 8.24. The molecular weight excluding hydrogens is 813 g/mol. The molecule has 3 aromatic rings. The molecule has 5 aliphatic rings. The van der Waals surface area contributed by atoms with Crippen molar-refractivity contribution in [2.75, 3.05) is 26.7 Å². The summed E-state index contributed by atoms with van der Waals surface area (Å²) in [5.41, 5.74) is 0.0827. The molecule has 8 rings (SSSR count). The van der Waals surface area contributed by atoms with Gasteiger partial charge in [0.05, 0.1) is 41.4 Å². The predicted molar refractivity (Wildman–Crippen MR) is 218 cm³/mol. The number of methoxy groups -OCH3 is 1. The van der Waals surface area contributed by atoms with E-state index in [1.165, 1.54) is 12.0 Å². The van der Waals surface area contributed by atoms with Gasteiger partial charge < -0.3 is 25.2 Å². The smallest absolute Gasteiger partial charge is 0.267 e. The van der Waals surface area contributed by atoms with Crippen LogP contribution in [-0.4, -0.2) is 113 Å². The molecular formula is C43H49F2N7O8S. The van der Waals surface area contributed by atoms with Crippen LogP contribution in [0.3, 0.4) is 0 Å². The number of rotatable bonds is 9. The van der Waals surface area contributed by atoms with Crippen LogP contribution in [-0.2, 0) is 29.2 Å². The molecule has 18 heteroatoms. The molecule has 1 unspecified atom stereocenters. The van der Waals surface area contributed by atoms with E-state index in [0.717, 1.165) is 11.3 Å². The highest BCUT2D eigenvalue weighted by Gasteiger charge is 2.62. The molecule has 61 heavy (non-hydrogen) atoms. The molecule has 0 radical (unpaired) electrons. The number of benzene rings is 1. The van der Waals surface area contributed by atoms with Gasteiger partial charge in [-0.05, 0) is 81.3 Å². The first-order valence-corrected chi connectivity index (χ1v) is 22.4. The lowest BCUT2D eigenvalue weighted by molar-refractivity contribution is -0.145. The standard InChI is InChI=1S/C43H49F2N7O8S/c1-60-29-12-15-33-31(21-29)32(22-35(48-33)34-11-7-8-17-46-34)38(54)47-28-20-36-39(55)49-43(41(57)50-61(58,59)30-13-14-30)23-27(43)10-6-4-2-3-5-9-26(40(56)52(36)24-28)19-37(53)51-18-16-42(44,45)25-51/h6-8,10-12,15,17,21-22,26-28,30,36H,2-5,9,13-14,16,18-20,23-25H2,1H3,(H,47,54)(H,49,55)(H,50,57)/b10-6-/t26-,27?,28-,36+,43-/m1/s1. The Kier molecular flexibility index (Phi) is 11.6. The highest BCUT2D eigenvalue weighted by molar-refractivity contribution is 7.91. The van der Waals surface area contributed by atoms with Gasteiger partial charge >= 0.3 is 0 Å². The van der Waals surface area contributed by atoms with E-state index in [2.05, 4.69) is 20.3 Å². The van der Waals surface area contributed by atoms with E-state index >= 15 is 0 Å². The number of fused-ring (bicyclic) bond motifs is 3. The van der Waals surface area contributed by atoms with Crippen LogP contribution in [0.1, 0.15) is 81.0 Å². The van der Waals surface area contributed by atoms with E-state index in [9.17, 15) is 41.2 Å². The molecule has 2 aliphatic carbocycles. The van der Waals surface area contributed by atoms with Gasteiger partial charge in [-0.25, -0.2) is 22.2 Å². The Morgan fingerprint density at radius 3 is 2.57 bits per heavy atom. The number of carbonyl (C=O) groups excluding carboxylic acids is 5. The summed E-state index contributed by atoms with van der Waals surface area (Å²) in [5.74, 6) is -7.26. The van der Waals surface area contributed by atoms with Crippen LogP contribution < -0.4 is 20.1 Å². The van der Waals surface area contributed by atoms with E-state index in [0.29, 0.717) is 60.1 Å².